The molecule has 1 saturated heterocycles. The molecule has 0 bridgehead atoms. The monoisotopic (exact) mass is 333 g/mol. The summed E-state index contributed by atoms with van der Waals surface area (Å²) in [5.74, 6) is 0.593. The number of hydrogen-bond acceptors (Lipinski definition) is 4. The third-order valence-corrected chi connectivity index (χ3v) is 4.27. The molecule has 3 unspecified atom stereocenters. The van der Waals surface area contributed by atoms with Gasteiger partial charge in [-0.3, -0.25) is 0 Å². The minimum Gasteiger partial charge on any atom is -0.491 e. The molecule has 118 valence electrons. The van der Waals surface area contributed by atoms with Crippen molar-refractivity contribution in [1.29, 1.82) is 0 Å². The second-order valence-electron chi connectivity index (χ2n) is 5.29. The quantitative estimate of drug-likeness (QED) is 0.805. The Morgan fingerprint density at radius 1 is 1.43 bits per heavy atom. The molecule has 2 rings (SSSR count). The lowest BCUT2D eigenvalue weighted by atomic mass is 10.1. The van der Waals surface area contributed by atoms with E-state index in [4.69, 9.17) is 32.7 Å². The maximum absolute atomic E-state index is 9.94. The minimum absolute atomic E-state index is 0.198. The number of benzene rings is 1. The molecule has 1 aliphatic heterocycles. The van der Waals surface area contributed by atoms with E-state index in [1.54, 1.807) is 18.2 Å². The van der Waals surface area contributed by atoms with Gasteiger partial charge in [0.05, 0.1) is 16.1 Å². The molecule has 1 aromatic carbocycles. The largest absolute Gasteiger partial charge is 0.491 e. The minimum atomic E-state index is -0.594. The molecule has 3 atom stereocenters. The number of aliphatic hydroxyl groups excluding tert-OH is 1. The summed E-state index contributed by atoms with van der Waals surface area (Å²) in [6.45, 7) is 3.56. The molecular weight excluding hydrogens is 313 g/mol. The SMILES string of the molecule is CC(NCC(O)COc1ccc(Cl)c(Cl)c1)C1CCCO1. The van der Waals surface area contributed by atoms with Crippen LogP contribution in [0.15, 0.2) is 18.2 Å². The molecular formula is C15H21Cl2NO3. The van der Waals surface area contributed by atoms with Gasteiger partial charge in [0.15, 0.2) is 0 Å². The Morgan fingerprint density at radius 2 is 2.24 bits per heavy atom. The van der Waals surface area contributed by atoms with E-state index < -0.39 is 6.10 Å². The number of rotatable bonds is 7. The first-order chi connectivity index (χ1) is 10.1. The smallest absolute Gasteiger partial charge is 0.121 e. The van der Waals surface area contributed by atoms with E-state index in [0.717, 1.165) is 19.4 Å². The molecule has 0 saturated carbocycles. The molecule has 21 heavy (non-hydrogen) atoms. The Balaban J connectivity index is 1.69. The first-order valence-electron chi connectivity index (χ1n) is 7.17. The number of hydrogen-bond donors (Lipinski definition) is 2. The van der Waals surface area contributed by atoms with Gasteiger partial charge in [-0.25, -0.2) is 0 Å². The third-order valence-electron chi connectivity index (χ3n) is 3.53. The van der Waals surface area contributed by atoms with Crippen LogP contribution in [0.2, 0.25) is 10.0 Å². The molecule has 0 spiro atoms. The topological polar surface area (TPSA) is 50.7 Å². The van der Waals surface area contributed by atoms with Crippen LogP contribution in [0.4, 0.5) is 0 Å². The number of halogens is 2. The number of ether oxygens (including phenoxy) is 2. The van der Waals surface area contributed by atoms with Crippen LogP contribution in [0.3, 0.4) is 0 Å². The summed E-state index contributed by atoms with van der Waals surface area (Å²) in [5.41, 5.74) is 0. The second-order valence-corrected chi connectivity index (χ2v) is 6.10. The van der Waals surface area contributed by atoms with Gasteiger partial charge in [-0.15, -0.1) is 0 Å². The molecule has 1 fully saturated rings. The predicted octanol–water partition coefficient (Wildman–Crippen LogP) is 2.89. The molecule has 6 heteroatoms. The summed E-state index contributed by atoms with van der Waals surface area (Å²) < 4.78 is 11.1. The van der Waals surface area contributed by atoms with Gasteiger partial charge in [0.1, 0.15) is 18.5 Å². The van der Waals surface area contributed by atoms with Crippen molar-refractivity contribution in [3.63, 3.8) is 0 Å². The molecule has 2 N–H and O–H groups in total. The lowest BCUT2D eigenvalue weighted by Gasteiger charge is -2.22. The van der Waals surface area contributed by atoms with E-state index in [1.807, 2.05) is 0 Å². The van der Waals surface area contributed by atoms with Gasteiger partial charge in [-0.1, -0.05) is 23.2 Å². The van der Waals surface area contributed by atoms with E-state index in [-0.39, 0.29) is 18.8 Å². The molecule has 0 radical (unpaired) electrons. The van der Waals surface area contributed by atoms with Gasteiger partial charge in [-0.2, -0.15) is 0 Å². The standard InChI is InChI=1S/C15H21Cl2NO3/c1-10(15-3-2-6-20-15)18-8-11(19)9-21-12-4-5-13(16)14(17)7-12/h4-5,7,10-11,15,18-19H,2-3,6,8-9H2,1H3. The molecule has 1 heterocycles. The number of nitrogens with one attached hydrogen (secondary N) is 1. The fourth-order valence-corrected chi connectivity index (χ4v) is 2.56. The van der Waals surface area contributed by atoms with Crippen LogP contribution >= 0.6 is 23.2 Å². The Morgan fingerprint density at radius 3 is 2.90 bits per heavy atom. The highest BCUT2D eigenvalue weighted by Gasteiger charge is 2.22. The van der Waals surface area contributed by atoms with Crippen molar-refractivity contribution in [3.05, 3.63) is 28.2 Å². The lowest BCUT2D eigenvalue weighted by molar-refractivity contribution is 0.0675. The van der Waals surface area contributed by atoms with Gasteiger partial charge < -0.3 is 19.9 Å². The van der Waals surface area contributed by atoms with Crippen molar-refractivity contribution in [1.82, 2.24) is 5.32 Å². The van der Waals surface area contributed by atoms with Crippen LogP contribution in [0.5, 0.6) is 5.75 Å². The lowest BCUT2D eigenvalue weighted by Crippen LogP contribution is -2.42. The van der Waals surface area contributed by atoms with E-state index >= 15 is 0 Å². The van der Waals surface area contributed by atoms with Crippen molar-refractivity contribution < 1.29 is 14.6 Å². The maximum atomic E-state index is 9.94. The average molecular weight is 334 g/mol. The van der Waals surface area contributed by atoms with E-state index in [1.165, 1.54) is 0 Å². The normalized spacial score (nSPS) is 21.2. The third kappa shape index (κ3) is 5.31. The van der Waals surface area contributed by atoms with Crippen LogP contribution in [0.1, 0.15) is 19.8 Å². The van der Waals surface area contributed by atoms with Crippen molar-refractivity contribution in [2.24, 2.45) is 0 Å². The highest BCUT2D eigenvalue weighted by Crippen LogP contribution is 2.26. The van der Waals surface area contributed by atoms with Crippen molar-refractivity contribution in [2.75, 3.05) is 19.8 Å². The maximum Gasteiger partial charge on any atom is 0.121 e. The summed E-state index contributed by atoms with van der Waals surface area (Å²) in [4.78, 5) is 0. The average Bonchev–Trinajstić information content (AvgIpc) is 3.00. The Labute approximate surface area is 135 Å². The first-order valence-corrected chi connectivity index (χ1v) is 7.92. The van der Waals surface area contributed by atoms with Crippen molar-refractivity contribution in [2.45, 2.75) is 38.0 Å². The summed E-state index contributed by atoms with van der Waals surface area (Å²) in [5, 5.41) is 14.1. The van der Waals surface area contributed by atoms with Crippen LogP contribution in [0.25, 0.3) is 0 Å². The van der Waals surface area contributed by atoms with Gasteiger partial charge in [0, 0.05) is 25.3 Å². The van der Waals surface area contributed by atoms with E-state index in [0.29, 0.717) is 22.3 Å². The molecule has 1 aromatic rings. The van der Waals surface area contributed by atoms with E-state index in [2.05, 4.69) is 12.2 Å². The van der Waals surface area contributed by atoms with Crippen LogP contribution in [-0.2, 0) is 4.74 Å². The molecule has 1 aliphatic rings. The zero-order valence-corrected chi connectivity index (χ0v) is 13.5. The molecule has 0 amide bonds. The predicted molar refractivity (Wildman–Crippen MR) is 84.4 cm³/mol. The van der Waals surface area contributed by atoms with Crippen LogP contribution in [0, 0.1) is 0 Å². The van der Waals surface area contributed by atoms with Gasteiger partial charge in [0.25, 0.3) is 0 Å². The van der Waals surface area contributed by atoms with Crippen molar-refractivity contribution >= 4 is 23.2 Å². The Kier molecular flexibility index (Phi) is 6.58. The molecule has 4 nitrogen and oxygen atoms in total. The number of aliphatic hydroxyl groups is 1. The van der Waals surface area contributed by atoms with Crippen molar-refractivity contribution in [3.8, 4) is 5.75 Å². The fourth-order valence-electron chi connectivity index (χ4n) is 2.27. The zero-order chi connectivity index (χ0) is 15.2. The van der Waals surface area contributed by atoms with Gasteiger partial charge >= 0.3 is 0 Å². The molecule has 0 aliphatic carbocycles. The van der Waals surface area contributed by atoms with Gasteiger partial charge in [0.2, 0.25) is 0 Å². The summed E-state index contributed by atoms with van der Waals surface area (Å²) in [6.07, 6.45) is 1.83. The fraction of sp³-hybridized carbons (Fsp3) is 0.600. The van der Waals surface area contributed by atoms with Crippen LogP contribution < -0.4 is 10.1 Å². The first kappa shape index (κ1) is 16.8. The highest BCUT2D eigenvalue weighted by atomic mass is 35.5. The summed E-state index contributed by atoms with van der Waals surface area (Å²) in [6, 6.07) is 5.26. The second kappa shape index (κ2) is 8.20. The van der Waals surface area contributed by atoms with Gasteiger partial charge in [-0.05, 0) is 31.9 Å². The molecule has 0 aromatic heterocycles. The Bertz CT molecular complexity index is 453. The van der Waals surface area contributed by atoms with E-state index in [9.17, 15) is 5.11 Å². The van der Waals surface area contributed by atoms with Crippen LogP contribution in [-0.4, -0.2) is 43.1 Å². The highest BCUT2D eigenvalue weighted by molar-refractivity contribution is 6.42. The Hall–Kier alpha value is -0.520. The summed E-state index contributed by atoms with van der Waals surface area (Å²) >= 11 is 11.7. The summed E-state index contributed by atoms with van der Waals surface area (Å²) in [7, 11) is 0. The zero-order valence-electron chi connectivity index (χ0n) is 12.0.